The monoisotopic (exact) mass is 227 g/mol. The van der Waals surface area contributed by atoms with Crippen LogP contribution in [-0.4, -0.2) is 26.8 Å². The average molecular weight is 228 g/mol. The van der Waals surface area contributed by atoms with Gasteiger partial charge in [0.2, 0.25) is 0 Å². The van der Waals surface area contributed by atoms with Gasteiger partial charge in [0.05, 0.1) is 6.61 Å². The minimum absolute atomic E-state index is 0.759. The quantitative estimate of drug-likeness (QED) is 0.754. The van der Waals surface area contributed by atoms with Crippen LogP contribution in [-0.2, 0) is 11.2 Å². The van der Waals surface area contributed by atoms with Crippen LogP contribution in [0.25, 0.3) is 0 Å². The number of benzene rings is 1. The van der Waals surface area contributed by atoms with Crippen molar-refractivity contribution >= 4 is 11.6 Å². The fourth-order valence-electron chi connectivity index (χ4n) is 1.32. The average Bonchev–Trinajstić information content (AvgIpc) is 2.23. The molecule has 0 aliphatic heterocycles. The molecule has 2 nitrogen and oxygen atoms in total. The Kier molecular flexibility index (Phi) is 5.69. The third kappa shape index (κ3) is 4.65. The molecule has 0 saturated carbocycles. The van der Waals surface area contributed by atoms with Crippen LogP contribution in [0.15, 0.2) is 18.2 Å². The van der Waals surface area contributed by atoms with Gasteiger partial charge in [-0.05, 0) is 37.1 Å². The van der Waals surface area contributed by atoms with E-state index >= 15 is 0 Å². The first-order valence-electron chi connectivity index (χ1n) is 5.18. The van der Waals surface area contributed by atoms with Crippen LogP contribution in [0.4, 0.5) is 0 Å². The summed E-state index contributed by atoms with van der Waals surface area (Å²) in [7, 11) is 1.71. The van der Waals surface area contributed by atoms with Crippen molar-refractivity contribution < 1.29 is 4.74 Å². The van der Waals surface area contributed by atoms with E-state index in [0.29, 0.717) is 0 Å². The molecule has 0 unspecified atom stereocenters. The molecule has 0 heterocycles. The summed E-state index contributed by atoms with van der Waals surface area (Å²) in [5.41, 5.74) is 2.41. The molecule has 0 atom stereocenters. The SMILES string of the molecule is COCCNCCc1ccc(C)c(Cl)c1. The third-order valence-corrected chi connectivity index (χ3v) is 2.72. The Labute approximate surface area is 96.6 Å². The topological polar surface area (TPSA) is 21.3 Å². The van der Waals surface area contributed by atoms with E-state index in [1.807, 2.05) is 13.0 Å². The highest BCUT2D eigenvalue weighted by Crippen LogP contribution is 2.16. The summed E-state index contributed by atoms with van der Waals surface area (Å²) in [5.74, 6) is 0. The van der Waals surface area contributed by atoms with Crippen molar-refractivity contribution in [3.05, 3.63) is 34.3 Å². The van der Waals surface area contributed by atoms with Crippen LogP contribution in [0.1, 0.15) is 11.1 Å². The van der Waals surface area contributed by atoms with Crippen LogP contribution < -0.4 is 5.32 Å². The fraction of sp³-hybridized carbons (Fsp3) is 0.500. The Morgan fingerprint density at radius 3 is 2.80 bits per heavy atom. The zero-order valence-electron chi connectivity index (χ0n) is 9.35. The van der Waals surface area contributed by atoms with Crippen molar-refractivity contribution in [3.63, 3.8) is 0 Å². The zero-order valence-corrected chi connectivity index (χ0v) is 10.1. The highest BCUT2D eigenvalue weighted by atomic mass is 35.5. The number of rotatable bonds is 6. The van der Waals surface area contributed by atoms with Crippen molar-refractivity contribution in [2.45, 2.75) is 13.3 Å². The molecule has 0 saturated heterocycles. The lowest BCUT2D eigenvalue weighted by Gasteiger charge is -2.05. The molecule has 0 radical (unpaired) electrons. The van der Waals surface area contributed by atoms with E-state index in [1.54, 1.807) is 7.11 Å². The van der Waals surface area contributed by atoms with Gasteiger partial charge in [0, 0.05) is 18.7 Å². The molecule has 0 spiro atoms. The number of aryl methyl sites for hydroxylation is 1. The molecule has 0 aromatic heterocycles. The van der Waals surface area contributed by atoms with Crippen LogP contribution in [0, 0.1) is 6.92 Å². The minimum atomic E-state index is 0.759. The van der Waals surface area contributed by atoms with Gasteiger partial charge in [-0.15, -0.1) is 0 Å². The van der Waals surface area contributed by atoms with Gasteiger partial charge in [-0.1, -0.05) is 23.7 Å². The van der Waals surface area contributed by atoms with Gasteiger partial charge in [0.25, 0.3) is 0 Å². The molecule has 0 fully saturated rings. The first-order valence-corrected chi connectivity index (χ1v) is 5.56. The number of nitrogens with one attached hydrogen (secondary N) is 1. The highest BCUT2D eigenvalue weighted by molar-refractivity contribution is 6.31. The molecular formula is C12H18ClNO. The molecule has 1 N–H and O–H groups in total. The van der Waals surface area contributed by atoms with E-state index in [-0.39, 0.29) is 0 Å². The number of halogens is 1. The summed E-state index contributed by atoms with van der Waals surface area (Å²) >= 11 is 6.04. The summed E-state index contributed by atoms with van der Waals surface area (Å²) < 4.78 is 4.95. The van der Waals surface area contributed by atoms with Crippen LogP contribution in [0.3, 0.4) is 0 Å². The molecular weight excluding hydrogens is 210 g/mol. The molecule has 1 aromatic rings. The van der Waals surface area contributed by atoms with Crippen molar-refractivity contribution in [3.8, 4) is 0 Å². The van der Waals surface area contributed by atoms with E-state index in [2.05, 4.69) is 17.4 Å². The maximum atomic E-state index is 6.04. The molecule has 1 aromatic carbocycles. The van der Waals surface area contributed by atoms with E-state index < -0.39 is 0 Å². The van der Waals surface area contributed by atoms with Gasteiger partial charge in [-0.3, -0.25) is 0 Å². The molecule has 15 heavy (non-hydrogen) atoms. The van der Waals surface area contributed by atoms with Crippen LogP contribution in [0.5, 0.6) is 0 Å². The zero-order chi connectivity index (χ0) is 11.1. The van der Waals surface area contributed by atoms with Gasteiger partial charge in [-0.2, -0.15) is 0 Å². The molecule has 0 aliphatic carbocycles. The second-order valence-electron chi connectivity index (χ2n) is 3.58. The molecule has 0 bridgehead atoms. The third-order valence-electron chi connectivity index (χ3n) is 2.31. The number of hydrogen-bond acceptors (Lipinski definition) is 2. The summed E-state index contributed by atoms with van der Waals surface area (Å²) in [4.78, 5) is 0. The van der Waals surface area contributed by atoms with Crippen molar-refractivity contribution in [1.29, 1.82) is 0 Å². The normalized spacial score (nSPS) is 10.6. The smallest absolute Gasteiger partial charge is 0.0587 e. The van der Waals surface area contributed by atoms with Crippen LogP contribution in [0.2, 0.25) is 5.02 Å². The fourth-order valence-corrected chi connectivity index (χ4v) is 1.53. The first-order chi connectivity index (χ1) is 7.24. The van der Waals surface area contributed by atoms with Crippen molar-refractivity contribution in [2.75, 3.05) is 26.8 Å². The summed E-state index contributed by atoms with van der Waals surface area (Å²) in [6.45, 7) is 4.64. The molecule has 1 rings (SSSR count). The van der Waals surface area contributed by atoms with Crippen molar-refractivity contribution in [1.82, 2.24) is 5.32 Å². The lowest BCUT2D eigenvalue weighted by atomic mass is 10.1. The summed E-state index contributed by atoms with van der Waals surface area (Å²) in [6, 6.07) is 6.22. The predicted octanol–water partition coefficient (Wildman–Crippen LogP) is 2.43. The highest BCUT2D eigenvalue weighted by Gasteiger charge is 1.97. The lowest BCUT2D eigenvalue weighted by molar-refractivity contribution is 0.199. The Morgan fingerprint density at radius 1 is 1.33 bits per heavy atom. The predicted molar refractivity (Wildman–Crippen MR) is 64.6 cm³/mol. The number of methoxy groups -OCH3 is 1. The molecule has 84 valence electrons. The maximum Gasteiger partial charge on any atom is 0.0587 e. The number of ether oxygens (including phenoxy) is 1. The second-order valence-corrected chi connectivity index (χ2v) is 3.98. The van der Waals surface area contributed by atoms with E-state index in [4.69, 9.17) is 16.3 Å². The van der Waals surface area contributed by atoms with Gasteiger partial charge in [0.15, 0.2) is 0 Å². The second kappa shape index (κ2) is 6.83. The Balaban J connectivity index is 2.28. The molecule has 0 amide bonds. The van der Waals surface area contributed by atoms with E-state index in [1.165, 1.54) is 5.56 Å². The minimum Gasteiger partial charge on any atom is -0.383 e. The van der Waals surface area contributed by atoms with Gasteiger partial charge in [-0.25, -0.2) is 0 Å². The Hall–Kier alpha value is -0.570. The summed E-state index contributed by atoms with van der Waals surface area (Å²) in [5, 5.41) is 4.15. The lowest BCUT2D eigenvalue weighted by Crippen LogP contribution is -2.21. The first kappa shape index (κ1) is 12.5. The maximum absolute atomic E-state index is 6.04. The molecule has 0 aliphatic rings. The van der Waals surface area contributed by atoms with Gasteiger partial charge < -0.3 is 10.1 Å². The van der Waals surface area contributed by atoms with E-state index in [0.717, 1.165) is 36.7 Å². The largest absolute Gasteiger partial charge is 0.383 e. The Morgan fingerprint density at radius 2 is 2.13 bits per heavy atom. The van der Waals surface area contributed by atoms with Gasteiger partial charge >= 0.3 is 0 Å². The van der Waals surface area contributed by atoms with Crippen molar-refractivity contribution in [2.24, 2.45) is 0 Å². The van der Waals surface area contributed by atoms with E-state index in [9.17, 15) is 0 Å². The standard InChI is InChI=1S/C12H18ClNO/c1-10-3-4-11(9-12(10)13)5-6-14-7-8-15-2/h3-4,9,14H,5-8H2,1-2H3. The van der Waals surface area contributed by atoms with Gasteiger partial charge in [0.1, 0.15) is 0 Å². The Bertz CT molecular complexity index is 302. The van der Waals surface area contributed by atoms with Crippen LogP contribution >= 0.6 is 11.6 Å². The number of hydrogen-bond donors (Lipinski definition) is 1. The summed E-state index contributed by atoms with van der Waals surface area (Å²) in [6.07, 6.45) is 1.00. The molecule has 3 heteroatoms.